The summed E-state index contributed by atoms with van der Waals surface area (Å²) >= 11 is 3.26. The van der Waals surface area contributed by atoms with Crippen LogP contribution < -0.4 is 5.73 Å². The molecule has 0 aromatic heterocycles. The average Bonchev–Trinajstić information content (AvgIpc) is 2.28. The van der Waals surface area contributed by atoms with Crippen LogP contribution in [-0.2, 0) is 10.0 Å². The fourth-order valence-corrected chi connectivity index (χ4v) is 3.84. The zero-order valence-corrected chi connectivity index (χ0v) is 12.8. The zero-order chi connectivity index (χ0) is 13.9. The van der Waals surface area contributed by atoms with Gasteiger partial charge in [0.1, 0.15) is 4.90 Å². The molecular formula is C12H17BrN2O2S. The van der Waals surface area contributed by atoms with E-state index in [1.54, 1.807) is 18.2 Å². The fraction of sp³-hybridized carbons (Fsp3) is 0.333. The van der Waals surface area contributed by atoms with Gasteiger partial charge in [-0.05, 0) is 32.0 Å². The number of nitrogen functional groups attached to an aromatic ring is 1. The normalized spacial score (nSPS) is 12.1. The molecule has 1 aromatic rings. The molecule has 2 N–H and O–H groups in total. The largest absolute Gasteiger partial charge is 0.398 e. The van der Waals surface area contributed by atoms with Gasteiger partial charge in [-0.15, -0.1) is 6.58 Å². The first kappa shape index (κ1) is 15.2. The summed E-state index contributed by atoms with van der Waals surface area (Å²) in [5, 5.41) is 0. The van der Waals surface area contributed by atoms with Crippen LogP contribution in [-0.4, -0.2) is 25.3 Å². The summed E-state index contributed by atoms with van der Waals surface area (Å²) in [6.07, 6.45) is 1.56. The molecule has 4 nitrogen and oxygen atoms in total. The SMILES string of the molecule is C=CCN(C(C)C)S(=O)(=O)c1cc(Br)ccc1N. The summed E-state index contributed by atoms with van der Waals surface area (Å²) in [5.41, 5.74) is 6.00. The summed E-state index contributed by atoms with van der Waals surface area (Å²) in [6, 6.07) is 4.64. The molecule has 0 bridgehead atoms. The second-order valence-electron chi connectivity index (χ2n) is 4.14. The van der Waals surface area contributed by atoms with E-state index in [-0.39, 0.29) is 23.2 Å². The van der Waals surface area contributed by atoms with Gasteiger partial charge in [0.05, 0.1) is 5.69 Å². The van der Waals surface area contributed by atoms with Crippen LogP contribution in [0.5, 0.6) is 0 Å². The van der Waals surface area contributed by atoms with E-state index in [1.807, 2.05) is 13.8 Å². The smallest absolute Gasteiger partial charge is 0.245 e. The van der Waals surface area contributed by atoms with Crippen molar-refractivity contribution in [2.75, 3.05) is 12.3 Å². The Balaban J connectivity index is 3.35. The summed E-state index contributed by atoms with van der Waals surface area (Å²) < 4.78 is 27.1. The molecule has 6 heteroatoms. The van der Waals surface area contributed by atoms with E-state index in [0.29, 0.717) is 4.47 Å². The molecule has 0 radical (unpaired) electrons. The molecule has 100 valence electrons. The van der Waals surface area contributed by atoms with Crippen LogP contribution in [0.3, 0.4) is 0 Å². The lowest BCUT2D eigenvalue weighted by Crippen LogP contribution is -2.37. The Morgan fingerprint density at radius 2 is 2.11 bits per heavy atom. The van der Waals surface area contributed by atoms with Crippen molar-refractivity contribution in [2.45, 2.75) is 24.8 Å². The van der Waals surface area contributed by atoms with E-state index in [2.05, 4.69) is 22.5 Å². The maximum Gasteiger partial charge on any atom is 0.245 e. The van der Waals surface area contributed by atoms with Gasteiger partial charge in [-0.1, -0.05) is 22.0 Å². The van der Waals surface area contributed by atoms with Crippen LogP contribution in [0.2, 0.25) is 0 Å². The summed E-state index contributed by atoms with van der Waals surface area (Å²) in [7, 11) is -3.61. The van der Waals surface area contributed by atoms with Crippen molar-refractivity contribution in [1.29, 1.82) is 0 Å². The summed E-state index contributed by atoms with van der Waals surface area (Å²) in [4.78, 5) is 0.118. The van der Waals surface area contributed by atoms with Crippen LogP contribution in [0.4, 0.5) is 5.69 Å². The Morgan fingerprint density at radius 1 is 1.50 bits per heavy atom. The molecule has 1 aromatic carbocycles. The number of nitrogens with zero attached hydrogens (tertiary/aromatic N) is 1. The lowest BCUT2D eigenvalue weighted by atomic mass is 10.3. The quantitative estimate of drug-likeness (QED) is 0.665. The van der Waals surface area contributed by atoms with Crippen molar-refractivity contribution in [3.05, 3.63) is 35.3 Å². The molecule has 0 fully saturated rings. The van der Waals surface area contributed by atoms with Crippen molar-refractivity contribution < 1.29 is 8.42 Å². The van der Waals surface area contributed by atoms with Crippen LogP contribution in [0.25, 0.3) is 0 Å². The molecule has 0 heterocycles. The van der Waals surface area contributed by atoms with Crippen LogP contribution in [0, 0.1) is 0 Å². The first-order valence-electron chi connectivity index (χ1n) is 5.48. The van der Waals surface area contributed by atoms with Crippen LogP contribution in [0.15, 0.2) is 40.2 Å². The van der Waals surface area contributed by atoms with E-state index in [0.717, 1.165) is 0 Å². The molecule has 0 aliphatic rings. The monoisotopic (exact) mass is 332 g/mol. The zero-order valence-electron chi connectivity index (χ0n) is 10.4. The Hall–Kier alpha value is -0.850. The van der Waals surface area contributed by atoms with Crippen molar-refractivity contribution in [1.82, 2.24) is 4.31 Å². The highest BCUT2D eigenvalue weighted by Gasteiger charge is 2.27. The Morgan fingerprint density at radius 3 is 2.61 bits per heavy atom. The molecule has 0 amide bonds. The lowest BCUT2D eigenvalue weighted by molar-refractivity contribution is 0.383. The number of hydrogen-bond donors (Lipinski definition) is 1. The maximum absolute atomic E-state index is 12.5. The molecule has 18 heavy (non-hydrogen) atoms. The number of benzene rings is 1. The number of rotatable bonds is 5. The second kappa shape index (κ2) is 5.86. The third kappa shape index (κ3) is 3.13. The van der Waals surface area contributed by atoms with E-state index in [9.17, 15) is 8.42 Å². The lowest BCUT2D eigenvalue weighted by Gasteiger charge is -2.25. The van der Waals surface area contributed by atoms with Crippen LogP contribution in [0.1, 0.15) is 13.8 Å². The van der Waals surface area contributed by atoms with E-state index in [1.165, 1.54) is 10.4 Å². The standard InChI is InChI=1S/C12H17BrN2O2S/c1-4-7-15(9(2)3)18(16,17)12-8-10(13)5-6-11(12)14/h4-6,8-9H,1,7,14H2,2-3H3. The van der Waals surface area contributed by atoms with E-state index >= 15 is 0 Å². The Kier molecular flexibility index (Phi) is 4.95. The highest BCUT2D eigenvalue weighted by molar-refractivity contribution is 9.10. The van der Waals surface area contributed by atoms with E-state index in [4.69, 9.17) is 5.73 Å². The second-order valence-corrected chi connectivity index (χ2v) is 6.91. The van der Waals surface area contributed by atoms with Gasteiger partial charge in [0.15, 0.2) is 0 Å². The molecule has 0 aliphatic heterocycles. The van der Waals surface area contributed by atoms with Crippen molar-refractivity contribution in [2.24, 2.45) is 0 Å². The fourth-order valence-electron chi connectivity index (χ4n) is 1.57. The number of nitrogens with two attached hydrogens (primary N) is 1. The van der Waals surface area contributed by atoms with Gasteiger partial charge in [-0.25, -0.2) is 8.42 Å². The van der Waals surface area contributed by atoms with Gasteiger partial charge in [0, 0.05) is 17.1 Å². The molecule has 0 saturated carbocycles. The van der Waals surface area contributed by atoms with Gasteiger partial charge < -0.3 is 5.73 Å². The van der Waals surface area contributed by atoms with Gasteiger partial charge in [0.2, 0.25) is 10.0 Å². The predicted molar refractivity (Wildman–Crippen MR) is 77.8 cm³/mol. The van der Waals surface area contributed by atoms with Gasteiger partial charge in [0.25, 0.3) is 0 Å². The third-order valence-electron chi connectivity index (χ3n) is 2.45. The van der Waals surface area contributed by atoms with Crippen molar-refractivity contribution >= 4 is 31.6 Å². The summed E-state index contributed by atoms with van der Waals surface area (Å²) in [5.74, 6) is 0. The summed E-state index contributed by atoms with van der Waals surface area (Å²) in [6.45, 7) is 7.47. The highest BCUT2D eigenvalue weighted by atomic mass is 79.9. The minimum absolute atomic E-state index is 0.118. The Bertz CT molecular complexity index is 541. The van der Waals surface area contributed by atoms with Crippen molar-refractivity contribution in [3.63, 3.8) is 0 Å². The van der Waals surface area contributed by atoms with Gasteiger partial charge in [-0.3, -0.25) is 0 Å². The minimum atomic E-state index is -3.61. The highest BCUT2D eigenvalue weighted by Crippen LogP contribution is 2.27. The van der Waals surface area contributed by atoms with Crippen LogP contribution >= 0.6 is 15.9 Å². The van der Waals surface area contributed by atoms with E-state index < -0.39 is 10.0 Å². The molecule has 0 atom stereocenters. The Labute approximate surface area is 117 Å². The topological polar surface area (TPSA) is 63.4 Å². The third-order valence-corrected chi connectivity index (χ3v) is 5.04. The number of halogens is 1. The first-order chi connectivity index (χ1) is 8.30. The first-order valence-corrected chi connectivity index (χ1v) is 7.71. The average molecular weight is 333 g/mol. The number of hydrogen-bond acceptors (Lipinski definition) is 3. The van der Waals surface area contributed by atoms with Gasteiger partial charge >= 0.3 is 0 Å². The molecule has 1 rings (SSSR count). The molecule has 0 unspecified atom stereocenters. The molecule has 0 aliphatic carbocycles. The molecule has 0 saturated heterocycles. The van der Waals surface area contributed by atoms with Crippen molar-refractivity contribution in [3.8, 4) is 0 Å². The number of sulfonamides is 1. The maximum atomic E-state index is 12.5. The minimum Gasteiger partial charge on any atom is -0.398 e. The number of anilines is 1. The predicted octanol–water partition coefficient (Wildman–Crippen LogP) is 2.62. The van der Waals surface area contributed by atoms with Gasteiger partial charge in [-0.2, -0.15) is 4.31 Å². The molecule has 0 spiro atoms. The molecular weight excluding hydrogens is 316 g/mol.